The number of nitrogens with zero attached hydrogens (tertiary/aromatic N) is 2. The second kappa shape index (κ2) is 4.14. The van der Waals surface area contributed by atoms with Crippen molar-refractivity contribution in [1.82, 2.24) is 4.90 Å². The Kier molecular flexibility index (Phi) is 2.94. The summed E-state index contributed by atoms with van der Waals surface area (Å²) in [5.41, 5.74) is -0.921. The van der Waals surface area contributed by atoms with E-state index in [1.54, 1.807) is 0 Å². The van der Waals surface area contributed by atoms with Gasteiger partial charge in [0, 0.05) is 11.8 Å². The normalized spacial score (nSPS) is 28.4. The summed E-state index contributed by atoms with van der Waals surface area (Å²) < 4.78 is 0. The van der Waals surface area contributed by atoms with Gasteiger partial charge in [-0.15, -0.1) is 0 Å². The topological polar surface area (TPSA) is 61.2 Å². The molecule has 4 heteroatoms. The fraction of sp³-hybridized carbons (Fsp3) is 0.769. The second-order valence-corrected chi connectivity index (χ2v) is 5.07. The van der Waals surface area contributed by atoms with Crippen molar-refractivity contribution >= 4 is 11.8 Å². The first-order valence-corrected chi connectivity index (χ1v) is 6.38. The average molecular weight is 234 g/mol. The Morgan fingerprint density at radius 1 is 1.24 bits per heavy atom. The van der Waals surface area contributed by atoms with E-state index in [2.05, 4.69) is 6.07 Å². The minimum absolute atomic E-state index is 0.0245. The molecule has 0 aromatic heterocycles. The smallest absolute Gasteiger partial charge is 0.233 e. The molecule has 0 aromatic carbocycles. The van der Waals surface area contributed by atoms with Gasteiger partial charge in [-0.1, -0.05) is 13.8 Å². The summed E-state index contributed by atoms with van der Waals surface area (Å²) in [6.45, 7) is 3.73. The van der Waals surface area contributed by atoms with E-state index in [1.165, 1.54) is 4.90 Å². The number of amides is 2. The van der Waals surface area contributed by atoms with Crippen molar-refractivity contribution in [3.8, 4) is 6.07 Å². The molecule has 2 bridgehead atoms. The largest absolute Gasteiger partial charge is 0.274 e. The maximum absolute atomic E-state index is 12.3. The van der Waals surface area contributed by atoms with Crippen LogP contribution in [0.4, 0.5) is 0 Å². The minimum atomic E-state index is -0.921. The van der Waals surface area contributed by atoms with Crippen LogP contribution in [-0.4, -0.2) is 22.3 Å². The SMILES string of the molecule is CCC(C#N)(CC)N1C(=O)C2CCC(C2)C1=O. The van der Waals surface area contributed by atoms with Gasteiger partial charge in [-0.25, -0.2) is 0 Å². The van der Waals surface area contributed by atoms with Crippen LogP contribution in [0.5, 0.6) is 0 Å². The minimum Gasteiger partial charge on any atom is -0.274 e. The lowest BCUT2D eigenvalue weighted by atomic mass is 9.86. The van der Waals surface area contributed by atoms with Crippen LogP contribution < -0.4 is 0 Å². The van der Waals surface area contributed by atoms with E-state index in [4.69, 9.17) is 0 Å². The van der Waals surface area contributed by atoms with Gasteiger partial charge in [0.25, 0.3) is 0 Å². The molecule has 0 spiro atoms. The molecule has 2 aliphatic rings. The third kappa shape index (κ3) is 1.56. The molecule has 0 radical (unpaired) electrons. The van der Waals surface area contributed by atoms with Crippen molar-refractivity contribution in [2.45, 2.75) is 51.5 Å². The maximum atomic E-state index is 12.3. The third-order valence-electron chi connectivity index (χ3n) is 4.38. The average Bonchev–Trinajstić information content (AvgIpc) is 2.80. The zero-order valence-corrected chi connectivity index (χ0v) is 10.4. The summed E-state index contributed by atoms with van der Waals surface area (Å²) >= 11 is 0. The quantitative estimate of drug-likeness (QED) is 0.700. The van der Waals surface area contributed by atoms with E-state index in [0.29, 0.717) is 19.3 Å². The Bertz CT molecular complexity index is 371. The van der Waals surface area contributed by atoms with Crippen molar-refractivity contribution in [1.29, 1.82) is 5.26 Å². The van der Waals surface area contributed by atoms with E-state index in [9.17, 15) is 14.9 Å². The summed E-state index contributed by atoms with van der Waals surface area (Å²) in [7, 11) is 0. The number of piperidine rings is 1. The molecule has 2 unspecified atom stereocenters. The monoisotopic (exact) mass is 234 g/mol. The number of fused-ring (bicyclic) bond motifs is 2. The molecule has 2 amide bonds. The standard InChI is InChI=1S/C13H18N2O2/c1-3-13(4-2,8-14)15-11(16)9-5-6-10(7-9)12(15)17/h9-10H,3-7H2,1-2H3. The fourth-order valence-electron chi connectivity index (χ4n) is 3.10. The lowest BCUT2D eigenvalue weighted by molar-refractivity contribution is -0.158. The van der Waals surface area contributed by atoms with Crippen LogP contribution in [0.25, 0.3) is 0 Å². The Morgan fingerprint density at radius 2 is 1.71 bits per heavy atom. The molecule has 1 aliphatic heterocycles. The van der Waals surface area contributed by atoms with Crippen LogP contribution >= 0.6 is 0 Å². The molecule has 1 saturated heterocycles. The van der Waals surface area contributed by atoms with Gasteiger partial charge in [0.1, 0.15) is 5.54 Å². The molecular weight excluding hydrogens is 216 g/mol. The zero-order chi connectivity index (χ0) is 12.6. The Balaban J connectivity index is 2.40. The van der Waals surface area contributed by atoms with Crippen LogP contribution in [0.1, 0.15) is 46.0 Å². The maximum Gasteiger partial charge on any atom is 0.233 e. The highest BCUT2D eigenvalue weighted by atomic mass is 16.2. The van der Waals surface area contributed by atoms with Crippen molar-refractivity contribution in [2.24, 2.45) is 11.8 Å². The van der Waals surface area contributed by atoms with Gasteiger partial charge < -0.3 is 0 Å². The van der Waals surface area contributed by atoms with Crippen LogP contribution in [0.15, 0.2) is 0 Å². The van der Waals surface area contributed by atoms with Gasteiger partial charge in [0.15, 0.2) is 0 Å². The summed E-state index contributed by atoms with van der Waals surface area (Å²) in [6.07, 6.45) is 3.33. The predicted molar refractivity (Wildman–Crippen MR) is 61.6 cm³/mol. The molecule has 4 nitrogen and oxygen atoms in total. The van der Waals surface area contributed by atoms with Gasteiger partial charge in [-0.05, 0) is 32.1 Å². The van der Waals surface area contributed by atoms with Crippen molar-refractivity contribution in [3.05, 3.63) is 0 Å². The van der Waals surface area contributed by atoms with Gasteiger partial charge in [0.2, 0.25) is 11.8 Å². The number of imide groups is 1. The first kappa shape index (κ1) is 12.1. The Hall–Kier alpha value is -1.37. The number of rotatable bonds is 3. The number of hydrogen-bond acceptors (Lipinski definition) is 3. The van der Waals surface area contributed by atoms with Crippen molar-refractivity contribution in [2.75, 3.05) is 0 Å². The van der Waals surface area contributed by atoms with E-state index in [0.717, 1.165) is 12.8 Å². The molecule has 92 valence electrons. The second-order valence-electron chi connectivity index (χ2n) is 5.07. The highest BCUT2D eigenvalue weighted by molar-refractivity contribution is 6.02. The molecule has 0 aromatic rings. The van der Waals surface area contributed by atoms with Gasteiger partial charge >= 0.3 is 0 Å². The Morgan fingerprint density at radius 3 is 2.06 bits per heavy atom. The molecule has 0 N–H and O–H groups in total. The number of nitriles is 1. The van der Waals surface area contributed by atoms with Crippen molar-refractivity contribution < 1.29 is 9.59 Å². The first-order chi connectivity index (χ1) is 8.09. The lowest BCUT2D eigenvalue weighted by Gasteiger charge is -2.40. The van der Waals surface area contributed by atoms with E-state index in [-0.39, 0.29) is 23.7 Å². The first-order valence-electron chi connectivity index (χ1n) is 6.38. The van der Waals surface area contributed by atoms with Crippen LogP contribution in [0.3, 0.4) is 0 Å². The summed E-state index contributed by atoms with van der Waals surface area (Å²) in [5.74, 6) is -0.282. The molecule has 1 saturated carbocycles. The molecule has 2 fully saturated rings. The molecular formula is C13H18N2O2. The number of carbonyl (C=O) groups excluding carboxylic acids is 2. The van der Waals surface area contributed by atoms with Gasteiger partial charge in [-0.3, -0.25) is 14.5 Å². The molecule has 2 rings (SSSR count). The van der Waals surface area contributed by atoms with E-state index in [1.807, 2.05) is 13.8 Å². The predicted octanol–water partition coefficient (Wildman–Crippen LogP) is 1.85. The Labute approximate surface area is 102 Å². The summed E-state index contributed by atoms with van der Waals surface area (Å²) in [5, 5.41) is 9.36. The van der Waals surface area contributed by atoms with Crippen LogP contribution in [0, 0.1) is 23.2 Å². The highest BCUT2D eigenvalue weighted by Gasteiger charge is 2.52. The van der Waals surface area contributed by atoms with E-state index < -0.39 is 5.54 Å². The summed E-state index contributed by atoms with van der Waals surface area (Å²) in [6, 6.07) is 2.20. The number of carbonyl (C=O) groups is 2. The molecule has 1 aliphatic carbocycles. The fourth-order valence-corrected chi connectivity index (χ4v) is 3.10. The molecule has 17 heavy (non-hydrogen) atoms. The lowest BCUT2D eigenvalue weighted by Crippen LogP contribution is -2.58. The number of hydrogen-bond donors (Lipinski definition) is 0. The van der Waals surface area contributed by atoms with Crippen LogP contribution in [0.2, 0.25) is 0 Å². The third-order valence-corrected chi connectivity index (χ3v) is 4.38. The van der Waals surface area contributed by atoms with Crippen LogP contribution in [-0.2, 0) is 9.59 Å². The van der Waals surface area contributed by atoms with Gasteiger partial charge in [0.05, 0.1) is 6.07 Å². The molecule has 2 atom stereocenters. The zero-order valence-electron chi connectivity index (χ0n) is 10.4. The summed E-state index contributed by atoms with van der Waals surface area (Å²) in [4.78, 5) is 25.8. The molecule has 1 heterocycles. The highest BCUT2D eigenvalue weighted by Crippen LogP contribution is 2.42. The van der Waals surface area contributed by atoms with E-state index >= 15 is 0 Å². The van der Waals surface area contributed by atoms with Gasteiger partial charge in [-0.2, -0.15) is 5.26 Å². The number of likely N-dealkylation sites (tertiary alicyclic amines) is 1. The van der Waals surface area contributed by atoms with Crippen molar-refractivity contribution in [3.63, 3.8) is 0 Å².